The van der Waals surface area contributed by atoms with Gasteiger partial charge in [0.05, 0.1) is 80.5 Å². The molecule has 0 aliphatic rings. The van der Waals surface area contributed by atoms with E-state index >= 15 is 0 Å². The normalized spacial score (nSPS) is 13.8. The van der Waals surface area contributed by atoms with Gasteiger partial charge in [-0.2, -0.15) is 0 Å². The average molecular weight is 738 g/mol. The third-order valence-electron chi connectivity index (χ3n) is 13.5. The van der Waals surface area contributed by atoms with Crippen LogP contribution in [-0.4, -0.2) is 119 Å². The van der Waals surface area contributed by atoms with E-state index in [1.165, 1.54) is 228 Å². The van der Waals surface area contributed by atoms with Gasteiger partial charge in [-0.1, -0.05) is 117 Å². The summed E-state index contributed by atoms with van der Waals surface area (Å²) >= 11 is 0. The van der Waals surface area contributed by atoms with Crippen LogP contribution >= 0.6 is 0 Å². The molecule has 4 heteroatoms. The number of rotatable bonds is 39. The van der Waals surface area contributed by atoms with Crippen molar-refractivity contribution in [1.29, 1.82) is 0 Å². The molecule has 0 rings (SSSR count). The molecule has 4 nitrogen and oxygen atoms in total. The highest BCUT2D eigenvalue weighted by atomic mass is 15.4. The van der Waals surface area contributed by atoms with E-state index in [9.17, 15) is 0 Å². The van der Waals surface area contributed by atoms with Crippen molar-refractivity contribution < 1.29 is 13.4 Å². The fourth-order valence-corrected chi connectivity index (χ4v) is 8.27. The van der Waals surface area contributed by atoms with Crippen molar-refractivity contribution in [3.8, 4) is 0 Å². The van der Waals surface area contributed by atoms with Crippen LogP contribution in [0.5, 0.6) is 0 Å². The molecule has 0 N–H and O–H groups in total. The van der Waals surface area contributed by atoms with Gasteiger partial charge in [-0.05, 0) is 92.2 Å². The van der Waals surface area contributed by atoms with Crippen molar-refractivity contribution >= 4 is 0 Å². The molecular formula is C48H105N4+3. The number of hydrogen-bond donors (Lipinski definition) is 0. The van der Waals surface area contributed by atoms with Crippen LogP contribution in [0.15, 0.2) is 0 Å². The molecular weight excluding hydrogens is 633 g/mol. The molecule has 0 aromatic carbocycles. The number of hydrogen-bond acceptors (Lipinski definition) is 1. The highest BCUT2D eigenvalue weighted by Crippen LogP contribution is 2.27. The maximum absolute atomic E-state index is 2.65. The van der Waals surface area contributed by atoms with Crippen LogP contribution in [0.2, 0.25) is 0 Å². The van der Waals surface area contributed by atoms with Crippen molar-refractivity contribution in [2.24, 2.45) is 0 Å². The first-order chi connectivity index (χ1) is 24.6. The van der Waals surface area contributed by atoms with Gasteiger partial charge in [0, 0.05) is 25.3 Å². The lowest BCUT2D eigenvalue weighted by Crippen LogP contribution is -2.56. The molecule has 0 saturated carbocycles. The van der Waals surface area contributed by atoms with E-state index in [4.69, 9.17) is 0 Å². The SMILES string of the molecule is CCCCCCCCCCCC[N+](C)(C)CCCCC(C)N(C)CCCCC(C)(C)[N+](C)(C)CCCC[N+](C)(C)CCCCCCCCCCCC. The van der Waals surface area contributed by atoms with Crippen molar-refractivity contribution in [3.05, 3.63) is 0 Å². The minimum Gasteiger partial charge on any atom is -0.328 e. The first kappa shape index (κ1) is 51.8. The third kappa shape index (κ3) is 29.2. The average Bonchev–Trinajstić information content (AvgIpc) is 3.08. The summed E-state index contributed by atoms with van der Waals surface area (Å²) in [7, 11) is 17.2. The van der Waals surface area contributed by atoms with Crippen LogP contribution in [0, 0.1) is 0 Å². The van der Waals surface area contributed by atoms with Crippen molar-refractivity contribution in [1.82, 2.24) is 4.90 Å². The molecule has 0 aliphatic carbocycles. The fraction of sp³-hybridized carbons (Fsp3) is 1.00. The van der Waals surface area contributed by atoms with Gasteiger partial charge < -0.3 is 18.3 Å². The Morgan fingerprint density at radius 3 is 1.15 bits per heavy atom. The van der Waals surface area contributed by atoms with Gasteiger partial charge in [0.25, 0.3) is 0 Å². The molecule has 0 bridgehead atoms. The summed E-state index contributed by atoms with van der Waals surface area (Å²) in [6.07, 6.45) is 39.5. The zero-order chi connectivity index (χ0) is 39.2. The monoisotopic (exact) mass is 738 g/mol. The summed E-state index contributed by atoms with van der Waals surface area (Å²) in [6, 6.07) is 0.700. The maximum Gasteiger partial charge on any atom is 0.0931 e. The Hall–Kier alpha value is -0.160. The molecule has 0 aliphatic heterocycles. The van der Waals surface area contributed by atoms with Crippen molar-refractivity contribution in [2.45, 2.75) is 226 Å². The van der Waals surface area contributed by atoms with Crippen molar-refractivity contribution in [3.63, 3.8) is 0 Å². The van der Waals surface area contributed by atoms with Crippen LogP contribution in [0.1, 0.15) is 214 Å². The molecule has 0 spiro atoms. The molecule has 0 amide bonds. The molecule has 0 radical (unpaired) electrons. The first-order valence-electron chi connectivity index (χ1n) is 23.8. The Labute approximate surface area is 332 Å². The zero-order valence-corrected chi connectivity index (χ0v) is 38.9. The zero-order valence-electron chi connectivity index (χ0n) is 38.9. The molecule has 1 unspecified atom stereocenters. The second kappa shape index (κ2) is 31.0. The molecule has 0 aromatic rings. The topological polar surface area (TPSA) is 3.24 Å². The lowest BCUT2D eigenvalue weighted by Gasteiger charge is -2.45. The Kier molecular flexibility index (Phi) is 30.9. The quantitative estimate of drug-likeness (QED) is 0.0448. The molecule has 0 aromatic heterocycles. The first-order valence-corrected chi connectivity index (χ1v) is 23.8. The lowest BCUT2D eigenvalue weighted by molar-refractivity contribution is -0.939. The standard InChI is InChI=1S/C48H105N4/c1-13-15-17-19-21-23-25-27-29-34-42-50(7,8)44-36-31-39-47(3)49(6)41-33-32-40-48(4,5)52(11,12)46-38-37-45-51(9,10)43-35-30-28-26-24-22-20-18-16-14-2/h47H,13-46H2,1-12H3/q+3. The lowest BCUT2D eigenvalue weighted by atomic mass is 9.92. The van der Waals surface area contributed by atoms with Gasteiger partial charge in [-0.15, -0.1) is 0 Å². The molecule has 1 atom stereocenters. The second-order valence-electron chi connectivity index (χ2n) is 20.3. The van der Waals surface area contributed by atoms with Crippen LogP contribution in [0.4, 0.5) is 0 Å². The Morgan fingerprint density at radius 1 is 0.423 bits per heavy atom. The van der Waals surface area contributed by atoms with Crippen LogP contribution in [0.25, 0.3) is 0 Å². The highest BCUT2D eigenvalue weighted by molar-refractivity contribution is 4.71. The van der Waals surface area contributed by atoms with Crippen LogP contribution in [0.3, 0.4) is 0 Å². The summed E-state index contributed by atoms with van der Waals surface area (Å²) in [5.74, 6) is 0. The molecule has 314 valence electrons. The Balaban J connectivity index is 4.05. The van der Waals surface area contributed by atoms with Gasteiger partial charge >= 0.3 is 0 Å². The van der Waals surface area contributed by atoms with E-state index in [1.807, 2.05) is 0 Å². The second-order valence-corrected chi connectivity index (χ2v) is 20.3. The highest BCUT2D eigenvalue weighted by Gasteiger charge is 2.35. The van der Waals surface area contributed by atoms with Gasteiger partial charge in [0.15, 0.2) is 0 Å². The summed E-state index contributed by atoms with van der Waals surface area (Å²) < 4.78 is 3.57. The molecule has 0 fully saturated rings. The van der Waals surface area contributed by atoms with Crippen molar-refractivity contribution in [2.75, 3.05) is 88.6 Å². The predicted molar refractivity (Wildman–Crippen MR) is 237 cm³/mol. The maximum atomic E-state index is 2.65. The summed E-state index contributed by atoms with van der Waals surface area (Å²) in [5.41, 5.74) is 0.337. The van der Waals surface area contributed by atoms with Gasteiger partial charge in [-0.25, -0.2) is 0 Å². The molecule has 0 heterocycles. The minimum absolute atomic E-state index is 0.337. The van der Waals surface area contributed by atoms with Gasteiger partial charge in [0.1, 0.15) is 0 Å². The molecule has 52 heavy (non-hydrogen) atoms. The molecule has 0 saturated heterocycles. The predicted octanol–water partition coefficient (Wildman–Crippen LogP) is 13.3. The van der Waals surface area contributed by atoms with Crippen LogP contribution < -0.4 is 0 Å². The van der Waals surface area contributed by atoms with E-state index < -0.39 is 0 Å². The number of quaternary nitrogens is 3. The fourth-order valence-electron chi connectivity index (χ4n) is 8.27. The number of nitrogens with zero attached hydrogens (tertiary/aromatic N) is 4. The van der Waals surface area contributed by atoms with Gasteiger partial charge in [-0.3, -0.25) is 0 Å². The summed E-state index contributed by atoms with van der Waals surface area (Å²) in [4.78, 5) is 2.65. The summed E-state index contributed by atoms with van der Waals surface area (Å²) in [6.45, 7) is 20.1. The Morgan fingerprint density at radius 2 is 0.750 bits per heavy atom. The van der Waals surface area contributed by atoms with E-state index in [-0.39, 0.29) is 0 Å². The van der Waals surface area contributed by atoms with E-state index in [1.54, 1.807) is 0 Å². The third-order valence-corrected chi connectivity index (χ3v) is 13.5. The summed E-state index contributed by atoms with van der Waals surface area (Å²) in [5, 5.41) is 0. The minimum atomic E-state index is 0.337. The number of unbranched alkanes of at least 4 members (excludes halogenated alkanes) is 21. The van der Waals surface area contributed by atoms with E-state index in [0.29, 0.717) is 11.6 Å². The largest absolute Gasteiger partial charge is 0.328 e. The Bertz CT molecular complexity index is 772. The van der Waals surface area contributed by atoms with Gasteiger partial charge in [0.2, 0.25) is 0 Å². The smallest absolute Gasteiger partial charge is 0.0931 e. The van der Waals surface area contributed by atoms with E-state index in [0.717, 1.165) is 4.48 Å². The van der Waals surface area contributed by atoms with E-state index in [2.05, 4.69) is 88.9 Å². The van der Waals surface area contributed by atoms with Crippen LogP contribution in [-0.2, 0) is 0 Å².